The first-order valence-electron chi connectivity index (χ1n) is 6.47. The molecule has 2 fully saturated rings. The molecule has 0 bridgehead atoms. The van der Waals surface area contributed by atoms with Gasteiger partial charge in [0.05, 0.1) is 18.8 Å². The molecule has 7 heteroatoms. The summed E-state index contributed by atoms with van der Waals surface area (Å²) in [5, 5.41) is 9.99. The van der Waals surface area contributed by atoms with Crippen molar-refractivity contribution < 1.29 is 18.3 Å². The monoisotopic (exact) mass is 278 g/mol. The quantitative estimate of drug-likeness (QED) is 0.759. The molecule has 1 atom stereocenters. The van der Waals surface area contributed by atoms with E-state index in [-0.39, 0.29) is 0 Å². The van der Waals surface area contributed by atoms with Crippen LogP contribution < -0.4 is 0 Å². The summed E-state index contributed by atoms with van der Waals surface area (Å²) in [4.78, 5) is 0. The van der Waals surface area contributed by atoms with Crippen molar-refractivity contribution in [2.45, 2.75) is 31.8 Å². The second kappa shape index (κ2) is 5.42. The zero-order chi connectivity index (χ0) is 13.2. The average molecular weight is 278 g/mol. The van der Waals surface area contributed by atoms with Crippen molar-refractivity contribution in [1.29, 1.82) is 0 Å². The normalized spacial score (nSPS) is 33.2. The maximum absolute atomic E-state index is 12.4. The van der Waals surface area contributed by atoms with E-state index in [0.717, 1.165) is 0 Å². The average Bonchev–Trinajstić information content (AvgIpc) is 2.52. The van der Waals surface area contributed by atoms with E-state index in [1.807, 2.05) is 0 Å². The molecule has 0 saturated carbocycles. The first kappa shape index (κ1) is 14.2. The smallest absolute Gasteiger partial charge is 0.282 e. The van der Waals surface area contributed by atoms with E-state index in [0.29, 0.717) is 58.7 Å². The topological polar surface area (TPSA) is 70.1 Å². The van der Waals surface area contributed by atoms with Gasteiger partial charge in [0.2, 0.25) is 0 Å². The van der Waals surface area contributed by atoms with E-state index in [1.54, 1.807) is 6.92 Å². The van der Waals surface area contributed by atoms with Crippen LogP contribution in [0.4, 0.5) is 0 Å². The van der Waals surface area contributed by atoms with Gasteiger partial charge in [-0.15, -0.1) is 0 Å². The summed E-state index contributed by atoms with van der Waals surface area (Å²) in [6.07, 6.45) is 1.86. The Kier molecular flexibility index (Phi) is 4.28. The number of ether oxygens (including phenoxy) is 1. The van der Waals surface area contributed by atoms with Crippen LogP contribution in [0.15, 0.2) is 0 Å². The molecular weight excluding hydrogens is 256 g/mol. The fourth-order valence-electron chi connectivity index (χ4n) is 2.41. The lowest BCUT2D eigenvalue weighted by molar-refractivity contribution is 0.0459. The molecular formula is C11H22N2O4S. The van der Waals surface area contributed by atoms with Crippen LogP contribution in [0.2, 0.25) is 0 Å². The standard InChI is InChI=1S/C11H22N2O4S/c1-11(14)3-2-5-12(6-4-11)18(15,16)13-7-9-17-10-8-13/h14H,2-10H2,1H3. The summed E-state index contributed by atoms with van der Waals surface area (Å²) >= 11 is 0. The SMILES string of the molecule is CC1(O)CCCN(S(=O)(=O)N2CCOCC2)CC1. The number of hydrogen-bond acceptors (Lipinski definition) is 4. The molecule has 2 rings (SSSR count). The molecule has 2 saturated heterocycles. The summed E-state index contributed by atoms with van der Waals surface area (Å²) < 4.78 is 33.0. The van der Waals surface area contributed by atoms with E-state index in [2.05, 4.69) is 0 Å². The van der Waals surface area contributed by atoms with Gasteiger partial charge in [0.15, 0.2) is 0 Å². The van der Waals surface area contributed by atoms with Crippen LogP contribution in [0.5, 0.6) is 0 Å². The Morgan fingerprint density at radius 2 is 1.67 bits per heavy atom. The third kappa shape index (κ3) is 3.21. The molecule has 106 valence electrons. The fourth-order valence-corrected chi connectivity index (χ4v) is 4.03. The molecule has 0 aromatic heterocycles. The zero-order valence-corrected chi connectivity index (χ0v) is 11.7. The van der Waals surface area contributed by atoms with Crippen molar-refractivity contribution >= 4 is 10.2 Å². The van der Waals surface area contributed by atoms with Gasteiger partial charge >= 0.3 is 0 Å². The van der Waals surface area contributed by atoms with Gasteiger partial charge in [-0.1, -0.05) is 0 Å². The molecule has 0 amide bonds. The largest absolute Gasteiger partial charge is 0.390 e. The van der Waals surface area contributed by atoms with Crippen LogP contribution in [0, 0.1) is 0 Å². The first-order chi connectivity index (χ1) is 8.42. The molecule has 1 unspecified atom stereocenters. The highest BCUT2D eigenvalue weighted by Crippen LogP contribution is 2.24. The predicted molar refractivity (Wildman–Crippen MR) is 67.4 cm³/mol. The van der Waals surface area contributed by atoms with Gasteiger partial charge in [-0.05, 0) is 26.2 Å². The number of morpholine rings is 1. The summed E-state index contributed by atoms with van der Waals surface area (Å²) in [6, 6.07) is 0. The summed E-state index contributed by atoms with van der Waals surface area (Å²) in [7, 11) is -3.38. The summed E-state index contributed by atoms with van der Waals surface area (Å²) in [5.41, 5.74) is -0.741. The summed E-state index contributed by atoms with van der Waals surface area (Å²) in [5.74, 6) is 0. The van der Waals surface area contributed by atoms with Gasteiger partial charge in [0, 0.05) is 26.2 Å². The summed E-state index contributed by atoms with van der Waals surface area (Å²) in [6.45, 7) is 4.44. The van der Waals surface area contributed by atoms with Crippen LogP contribution in [-0.4, -0.2) is 67.1 Å². The molecule has 1 N–H and O–H groups in total. The van der Waals surface area contributed by atoms with Crippen molar-refractivity contribution in [3.05, 3.63) is 0 Å². The highest BCUT2D eigenvalue weighted by atomic mass is 32.2. The third-order valence-corrected chi connectivity index (χ3v) is 5.68. The van der Waals surface area contributed by atoms with Gasteiger partial charge in [-0.2, -0.15) is 17.0 Å². The third-order valence-electron chi connectivity index (χ3n) is 3.65. The Morgan fingerprint density at radius 1 is 1.06 bits per heavy atom. The maximum Gasteiger partial charge on any atom is 0.282 e. The Labute approximate surface area is 109 Å². The number of rotatable bonds is 2. The molecule has 6 nitrogen and oxygen atoms in total. The zero-order valence-electron chi connectivity index (χ0n) is 10.8. The van der Waals surface area contributed by atoms with Crippen molar-refractivity contribution in [3.8, 4) is 0 Å². The van der Waals surface area contributed by atoms with E-state index < -0.39 is 15.8 Å². The van der Waals surface area contributed by atoms with E-state index in [4.69, 9.17) is 4.74 Å². The van der Waals surface area contributed by atoms with Gasteiger partial charge in [0.1, 0.15) is 0 Å². The number of hydrogen-bond donors (Lipinski definition) is 1. The minimum absolute atomic E-state index is 0.396. The van der Waals surface area contributed by atoms with Gasteiger partial charge < -0.3 is 9.84 Å². The van der Waals surface area contributed by atoms with Crippen molar-refractivity contribution in [3.63, 3.8) is 0 Å². The predicted octanol–water partition coefficient (Wildman–Crippen LogP) is -0.200. The van der Waals surface area contributed by atoms with Crippen LogP contribution in [0.3, 0.4) is 0 Å². The first-order valence-corrected chi connectivity index (χ1v) is 7.87. The van der Waals surface area contributed by atoms with Crippen LogP contribution in [0.1, 0.15) is 26.2 Å². The van der Waals surface area contributed by atoms with Crippen molar-refractivity contribution in [2.24, 2.45) is 0 Å². The molecule has 2 aliphatic rings. The lowest BCUT2D eigenvalue weighted by Gasteiger charge is -2.31. The molecule has 0 radical (unpaired) electrons. The van der Waals surface area contributed by atoms with Crippen LogP contribution in [0.25, 0.3) is 0 Å². The van der Waals surface area contributed by atoms with Crippen LogP contribution in [-0.2, 0) is 14.9 Å². The molecule has 0 spiro atoms. The number of nitrogens with zero attached hydrogens (tertiary/aromatic N) is 2. The Bertz CT molecular complexity index is 377. The minimum atomic E-state index is -3.38. The van der Waals surface area contributed by atoms with Crippen molar-refractivity contribution in [2.75, 3.05) is 39.4 Å². The molecule has 2 heterocycles. The van der Waals surface area contributed by atoms with Gasteiger partial charge in [0.25, 0.3) is 10.2 Å². The van der Waals surface area contributed by atoms with E-state index in [9.17, 15) is 13.5 Å². The van der Waals surface area contributed by atoms with Gasteiger partial charge in [-0.3, -0.25) is 0 Å². The lowest BCUT2D eigenvalue weighted by Crippen LogP contribution is -2.49. The second-order valence-electron chi connectivity index (χ2n) is 5.27. The maximum atomic E-state index is 12.4. The Morgan fingerprint density at radius 3 is 2.33 bits per heavy atom. The fraction of sp³-hybridized carbons (Fsp3) is 1.00. The molecule has 2 aliphatic heterocycles. The molecule has 0 aromatic rings. The van der Waals surface area contributed by atoms with Crippen LogP contribution >= 0.6 is 0 Å². The molecule has 18 heavy (non-hydrogen) atoms. The Hall–Kier alpha value is -0.210. The lowest BCUT2D eigenvalue weighted by atomic mass is 9.98. The molecule has 0 aliphatic carbocycles. The molecule has 0 aromatic carbocycles. The second-order valence-corrected chi connectivity index (χ2v) is 7.20. The van der Waals surface area contributed by atoms with Gasteiger partial charge in [-0.25, -0.2) is 0 Å². The van der Waals surface area contributed by atoms with Crippen molar-refractivity contribution in [1.82, 2.24) is 8.61 Å². The minimum Gasteiger partial charge on any atom is -0.390 e. The number of aliphatic hydroxyl groups is 1. The Balaban J connectivity index is 2.05. The van der Waals surface area contributed by atoms with E-state index in [1.165, 1.54) is 8.61 Å². The highest BCUT2D eigenvalue weighted by molar-refractivity contribution is 7.86. The van der Waals surface area contributed by atoms with E-state index >= 15 is 0 Å². The highest BCUT2D eigenvalue weighted by Gasteiger charge is 2.34.